The van der Waals surface area contributed by atoms with E-state index in [1.807, 2.05) is 11.8 Å². The minimum absolute atomic E-state index is 0.294. The highest BCUT2D eigenvalue weighted by atomic mass is 32.2. The fourth-order valence-electron chi connectivity index (χ4n) is 4.43. The van der Waals surface area contributed by atoms with E-state index in [-0.39, 0.29) is 0 Å². The first-order chi connectivity index (χ1) is 10.9. The SMILES string of the molecule is CCC1C2CCOC2c2cccc3c2N1c1ccccc1S3. The van der Waals surface area contributed by atoms with Crippen molar-refractivity contribution in [2.75, 3.05) is 11.5 Å². The predicted octanol–water partition coefficient (Wildman–Crippen LogP) is 5.16. The van der Waals surface area contributed by atoms with E-state index in [0.29, 0.717) is 18.1 Å². The Balaban J connectivity index is 1.79. The summed E-state index contributed by atoms with van der Waals surface area (Å²) < 4.78 is 6.14. The van der Waals surface area contributed by atoms with Crippen molar-refractivity contribution in [1.82, 2.24) is 0 Å². The van der Waals surface area contributed by atoms with Crippen molar-refractivity contribution in [3.8, 4) is 0 Å². The first-order valence-electron chi connectivity index (χ1n) is 8.19. The Morgan fingerprint density at radius 3 is 2.91 bits per heavy atom. The quantitative estimate of drug-likeness (QED) is 0.722. The number of rotatable bonds is 1. The first-order valence-corrected chi connectivity index (χ1v) is 9.00. The van der Waals surface area contributed by atoms with Crippen molar-refractivity contribution < 1.29 is 4.74 Å². The van der Waals surface area contributed by atoms with Crippen LogP contribution >= 0.6 is 11.8 Å². The van der Waals surface area contributed by atoms with Crippen LogP contribution in [0.15, 0.2) is 52.3 Å². The minimum Gasteiger partial charge on any atom is -0.373 e. The summed E-state index contributed by atoms with van der Waals surface area (Å²) in [6, 6.07) is 16.1. The number of para-hydroxylation sites is 2. The Morgan fingerprint density at radius 1 is 1.14 bits per heavy atom. The fourth-order valence-corrected chi connectivity index (χ4v) is 5.55. The van der Waals surface area contributed by atoms with Gasteiger partial charge >= 0.3 is 0 Å². The predicted molar refractivity (Wildman–Crippen MR) is 90.0 cm³/mol. The van der Waals surface area contributed by atoms with Crippen LogP contribution in [-0.2, 0) is 4.74 Å². The lowest BCUT2D eigenvalue weighted by Crippen LogP contribution is -2.44. The summed E-state index contributed by atoms with van der Waals surface area (Å²) in [4.78, 5) is 5.37. The van der Waals surface area contributed by atoms with E-state index < -0.39 is 0 Å². The highest BCUT2D eigenvalue weighted by Gasteiger charge is 2.46. The number of hydrogen-bond donors (Lipinski definition) is 0. The molecule has 0 spiro atoms. The van der Waals surface area contributed by atoms with Gasteiger partial charge in [-0.2, -0.15) is 0 Å². The van der Waals surface area contributed by atoms with Gasteiger partial charge in [-0.05, 0) is 31.0 Å². The third-order valence-corrected chi connectivity index (χ3v) is 6.42. The summed E-state index contributed by atoms with van der Waals surface area (Å²) >= 11 is 1.90. The molecule has 2 nitrogen and oxygen atoms in total. The number of hydrogen-bond acceptors (Lipinski definition) is 3. The zero-order valence-corrected chi connectivity index (χ0v) is 13.5. The monoisotopic (exact) mass is 309 g/mol. The molecule has 0 aliphatic carbocycles. The maximum absolute atomic E-state index is 6.14. The number of benzene rings is 2. The molecule has 2 aromatic carbocycles. The maximum Gasteiger partial charge on any atom is 0.0894 e. The standard InChI is InChI=1S/C19H19NOS/c1-2-14-12-10-11-21-19(12)13-6-5-9-17-18(13)20(14)15-7-3-4-8-16(15)22-17/h3-9,12,14,19H,2,10-11H2,1H3. The molecule has 0 aromatic heterocycles. The number of anilines is 2. The number of ether oxygens (including phenoxy) is 1. The molecule has 0 bridgehead atoms. The van der Waals surface area contributed by atoms with Gasteiger partial charge in [-0.25, -0.2) is 0 Å². The summed E-state index contributed by atoms with van der Waals surface area (Å²) in [6.07, 6.45) is 2.64. The van der Waals surface area contributed by atoms with Gasteiger partial charge in [0.1, 0.15) is 0 Å². The molecule has 3 heterocycles. The normalized spacial score (nSPS) is 28.0. The van der Waals surface area contributed by atoms with Gasteiger partial charge < -0.3 is 9.64 Å². The molecule has 1 saturated heterocycles. The molecule has 112 valence electrons. The largest absolute Gasteiger partial charge is 0.373 e. The zero-order chi connectivity index (χ0) is 14.7. The number of fused-ring (bicyclic) bond motifs is 4. The Hall–Kier alpha value is -1.45. The van der Waals surface area contributed by atoms with E-state index in [1.165, 1.54) is 33.2 Å². The van der Waals surface area contributed by atoms with Crippen LogP contribution in [0.25, 0.3) is 0 Å². The zero-order valence-electron chi connectivity index (χ0n) is 12.7. The molecule has 3 heteroatoms. The maximum atomic E-state index is 6.14. The second kappa shape index (κ2) is 4.77. The third-order valence-electron chi connectivity index (χ3n) is 5.30. The highest BCUT2D eigenvalue weighted by Crippen LogP contribution is 2.58. The Labute approximate surface area is 135 Å². The molecule has 0 saturated carbocycles. The molecule has 3 aliphatic heterocycles. The molecular weight excluding hydrogens is 290 g/mol. The average Bonchev–Trinajstić information content (AvgIpc) is 3.04. The minimum atomic E-state index is 0.294. The Kier molecular flexibility index (Phi) is 2.83. The Bertz CT molecular complexity index is 744. The molecule has 2 aromatic rings. The summed E-state index contributed by atoms with van der Waals surface area (Å²) in [5.74, 6) is 0.615. The van der Waals surface area contributed by atoms with Crippen molar-refractivity contribution in [3.63, 3.8) is 0 Å². The van der Waals surface area contributed by atoms with Crippen LogP contribution in [0.2, 0.25) is 0 Å². The Morgan fingerprint density at radius 2 is 2.00 bits per heavy atom. The topological polar surface area (TPSA) is 12.5 Å². The van der Waals surface area contributed by atoms with Gasteiger partial charge in [0.15, 0.2) is 0 Å². The van der Waals surface area contributed by atoms with E-state index in [4.69, 9.17) is 4.74 Å². The van der Waals surface area contributed by atoms with Gasteiger partial charge in [-0.15, -0.1) is 0 Å². The molecular formula is C19H19NOS. The van der Waals surface area contributed by atoms with Crippen LogP contribution in [-0.4, -0.2) is 12.6 Å². The van der Waals surface area contributed by atoms with Crippen LogP contribution < -0.4 is 4.90 Å². The average molecular weight is 309 g/mol. The smallest absolute Gasteiger partial charge is 0.0894 e. The van der Waals surface area contributed by atoms with Crippen molar-refractivity contribution in [2.45, 2.75) is 41.7 Å². The lowest BCUT2D eigenvalue weighted by atomic mass is 9.81. The molecule has 3 unspecified atom stereocenters. The van der Waals surface area contributed by atoms with E-state index >= 15 is 0 Å². The molecule has 0 amide bonds. The van der Waals surface area contributed by atoms with Crippen molar-refractivity contribution in [2.24, 2.45) is 5.92 Å². The molecule has 1 fully saturated rings. The molecule has 22 heavy (non-hydrogen) atoms. The van der Waals surface area contributed by atoms with Crippen molar-refractivity contribution >= 4 is 23.1 Å². The van der Waals surface area contributed by atoms with Gasteiger partial charge in [-0.1, -0.05) is 43.0 Å². The van der Waals surface area contributed by atoms with E-state index in [2.05, 4.69) is 54.3 Å². The number of nitrogens with zero attached hydrogens (tertiary/aromatic N) is 1. The van der Waals surface area contributed by atoms with Gasteiger partial charge in [0.25, 0.3) is 0 Å². The lowest BCUT2D eigenvalue weighted by molar-refractivity contribution is 0.0791. The van der Waals surface area contributed by atoms with Crippen LogP contribution in [0, 0.1) is 5.92 Å². The van der Waals surface area contributed by atoms with E-state index in [1.54, 1.807) is 0 Å². The first kappa shape index (κ1) is 13.0. The summed E-state index contributed by atoms with van der Waals surface area (Å²) in [7, 11) is 0. The van der Waals surface area contributed by atoms with Crippen LogP contribution in [0.1, 0.15) is 31.4 Å². The second-order valence-electron chi connectivity index (χ2n) is 6.35. The van der Waals surface area contributed by atoms with Crippen molar-refractivity contribution in [1.29, 1.82) is 0 Å². The van der Waals surface area contributed by atoms with Crippen LogP contribution in [0.5, 0.6) is 0 Å². The van der Waals surface area contributed by atoms with Gasteiger partial charge in [0, 0.05) is 33.9 Å². The van der Waals surface area contributed by atoms with Crippen molar-refractivity contribution in [3.05, 3.63) is 48.0 Å². The fraction of sp³-hybridized carbons (Fsp3) is 0.368. The van der Waals surface area contributed by atoms with Crippen LogP contribution in [0.4, 0.5) is 11.4 Å². The molecule has 0 radical (unpaired) electrons. The molecule has 3 aliphatic rings. The van der Waals surface area contributed by atoms with Gasteiger partial charge in [0.05, 0.1) is 17.5 Å². The van der Waals surface area contributed by atoms with E-state index in [9.17, 15) is 0 Å². The van der Waals surface area contributed by atoms with Gasteiger partial charge in [-0.3, -0.25) is 0 Å². The van der Waals surface area contributed by atoms with Gasteiger partial charge in [0.2, 0.25) is 0 Å². The summed E-state index contributed by atoms with van der Waals surface area (Å²) in [5, 5.41) is 0. The second-order valence-corrected chi connectivity index (χ2v) is 7.44. The molecule has 0 N–H and O–H groups in total. The third kappa shape index (κ3) is 1.61. The molecule has 5 rings (SSSR count). The van der Waals surface area contributed by atoms with E-state index in [0.717, 1.165) is 13.0 Å². The summed E-state index contributed by atoms with van der Waals surface area (Å²) in [5.41, 5.74) is 4.18. The van der Waals surface area contributed by atoms with Crippen LogP contribution in [0.3, 0.4) is 0 Å². The molecule has 3 atom stereocenters. The summed E-state index contributed by atoms with van der Waals surface area (Å²) in [6.45, 7) is 3.22. The highest BCUT2D eigenvalue weighted by molar-refractivity contribution is 7.99. The lowest BCUT2D eigenvalue weighted by Gasteiger charge is -2.47.